The normalized spacial score (nSPS) is 29.8. The molecule has 2 aliphatic rings. The Bertz CT molecular complexity index is 700. The highest BCUT2D eigenvalue weighted by atomic mass is 16.5. The topological polar surface area (TPSA) is 29.5 Å². The molecule has 2 aromatic carbocycles. The first-order valence-corrected chi connectivity index (χ1v) is 8.26. The molecule has 0 aromatic heterocycles. The standard InChI is InChI=1S/C20H21NO2/c1-15-12-19(22)21-18(17-10-6-3-7-11-17)14-23-20(15,21)13-16-8-4-2-5-9-16/h2-11,15,18H,12-14H2,1H3/t15-,18-,20-/m1/s1. The smallest absolute Gasteiger partial charge is 0.225 e. The van der Waals surface area contributed by atoms with Gasteiger partial charge in [-0.1, -0.05) is 67.6 Å². The molecule has 0 bridgehead atoms. The molecule has 0 spiro atoms. The van der Waals surface area contributed by atoms with Crippen molar-refractivity contribution >= 4 is 5.91 Å². The van der Waals surface area contributed by atoms with Crippen LogP contribution in [0, 0.1) is 5.92 Å². The number of carbonyl (C=O) groups excluding carboxylic acids is 1. The van der Waals surface area contributed by atoms with Crippen LogP contribution in [-0.4, -0.2) is 23.1 Å². The van der Waals surface area contributed by atoms with Crippen LogP contribution in [-0.2, 0) is 16.0 Å². The van der Waals surface area contributed by atoms with Crippen molar-refractivity contribution in [3.8, 4) is 0 Å². The molecule has 0 unspecified atom stereocenters. The molecular weight excluding hydrogens is 286 g/mol. The summed E-state index contributed by atoms with van der Waals surface area (Å²) in [4.78, 5) is 14.7. The molecule has 0 radical (unpaired) electrons. The van der Waals surface area contributed by atoms with E-state index in [9.17, 15) is 4.79 Å². The van der Waals surface area contributed by atoms with Gasteiger partial charge in [-0.05, 0) is 11.1 Å². The molecule has 2 heterocycles. The lowest BCUT2D eigenvalue weighted by molar-refractivity contribution is -0.140. The van der Waals surface area contributed by atoms with Gasteiger partial charge in [-0.2, -0.15) is 0 Å². The summed E-state index contributed by atoms with van der Waals surface area (Å²) in [7, 11) is 0. The fourth-order valence-electron chi connectivity index (χ4n) is 4.03. The van der Waals surface area contributed by atoms with Gasteiger partial charge >= 0.3 is 0 Å². The third-order valence-corrected chi connectivity index (χ3v) is 5.21. The van der Waals surface area contributed by atoms with E-state index in [-0.39, 0.29) is 17.9 Å². The number of benzene rings is 2. The number of carbonyl (C=O) groups is 1. The second-order valence-electron chi connectivity index (χ2n) is 6.61. The highest BCUT2D eigenvalue weighted by Gasteiger charge is 2.58. The van der Waals surface area contributed by atoms with Crippen LogP contribution in [0.1, 0.15) is 30.5 Å². The minimum atomic E-state index is -0.501. The molecule has 2 saturated heterocycles. The average Bonchev–Trinajstić information content (AvgIpc) is 3.07. The lowest BCUT2D eigenvalue weighted by Crippen LogP contribution is -2.47. The molecule has 0 N–H and O–H groups in total. The van der Waals surface area contributed by atoms with Crippen LogP contribution in [0.2, 0.25) is 0 Å². The van der Waals surface area contributed by atoms with Crippen molar-refractivity contribution in [2.24, 2.45) is 5.92 Å². The molecule has 2 aliphatic heterocycles. The number of ether oxygens (including phenoxy) is 1. The van der Waals surface area contributed by atoms with Gasteiger partial charge in [-0.3, -0.25) is 4.79 Å². The van der Waals surface area contributed by atoms with Crippen LogP contribution in [0.5, 0.6) is 0 Å². The van der Waals surface area contributed by atoms with Gasteiger partial charge < -0.3 is 9.64 Å². The number of nitrogens with zero attached hydrogens (tertiary/aromatic N) is 1. The number of hydrogen-bond donors (Lipinski definition) is 0. The fourth-order valence-corrected chi connectivity index (χ4v) is 4.03. The van der Waals surface area contributed by atoms with Crippen LogP contribution in [0.4, 0.5) is 0 Å². The number of fused-ring (bicyclic) bond motifs is 1. The monoisotopic (exact) mass is 307 g/mol. The molecule has 0 saturated carbocycles. The number of hydrogen-bond acceptors (Lipinski definition) is 2. The summed E-state index contributed by atoms with van der Waals surface area (Å²) < 4.78 is 6.32. The van der Waals surface area contributed by atoms with Gasteiger partial charge in [-0.15, -0.1) is 0 Å². The third kappa shape index (κ3) is 2.27. The van der Waals surface area contributed by atoms with Crippen LogP contribution >= 0.6 is 0 Å². The van der Waals surface area contributed by atoms with E-state index >= 15 is 0 Å². The van der Waals surface area contributed by atoms with E-state index in [2.05, 4.69) is 31.2 Å². The maximum atomic E-state index is 12.7. The summed E-state index contributed by atoms with van der Waals surface area (Å²) >= 11 is 0. The third-order valence-electron chi connectivity index (χ3n) is 5.21. The predicted octanol–water partition coefficient (Wildman–Crippen LogP) is 3.57. The van der Waals surface area contributed by atoms with Gasteiger partial charge in [0.2, 0.25) is 5.91 Å². The quantitative estimate of drug-likeness (QED) is 0.867. The van der Waals surface area contributed by atoms with E-state index < -0.39 is 5.72 Å². The summed E-state index contributed by atoms with van der Waals surface area (Å²) in [5.41, 5.74) is 1.87. The first kappa shape index (κ1) is 14.5. The van der Waals surface area contributed by atoms with Crippen molar-refractivity contribution < 1.29 is 9.53 Å². The molecule has 0 aliphatic carbocycles. The SMILES string of the molecule is C[C@@H]1CC(=O)N2[C@@H](c3ccccc3)CO[C@]12Cc1ccccc1. The summed E-state index contributed by atoms with van der Waals surface area (Å²) in [5.74, 6) is 0.406. The first-order chi connectivity index (χ1) is 11.2. The van der Waals surface area contributed by atoms with Crippen LogP contribution < -0.4 is 0 Å². The Balaban J connectivity index is 1.71. The van der Waals surface area contributed by atoms with Crippen molar-refractivity contribution in [3.63, 3.8) is 0 Å². The maximum absolute atomic E-state index is 12.7. The van der Waals surface area contributed by atoms with E-state index in [4.69, 9.17) is 4.74 Å². The van der Waals surface area contributed by atoms with Crippen molar-refractivity contribution in [1.82, 2.24) is 4.90 Å². The molecular formula is C20H21NO2. The minimum absolute atomic E-state index is 0.0253. The van der Waals surface area contributed by atoms with Gasteiger partial charge in [0.05, 0.1) is 12.6 Å². The predicted molar refractivity (Wildman–Crippen MR) is 88.6 cm³/mol. The summed E-state index contributed by atoms with van der Waals surface area (Å²) in [6.45, 7) is 2.71. The van der Waals surface area contributed by atoms with Crippen molar-refractivity contribution in [2.45, 2.75) is 31.5 Å². The first-order valence-electron chi connectivity index (χ1n) is 8.26. The number of rotatable bonds is 3. The second kappa shape index (κ2) is 5.50. The Morgan fingerprint density at radius 2 is 1.74 bits per heavy atom. The second-order valence-corrected chi connectivity index (χ2v) is 6.61. The summed E-state index contributed by atoms with van der Waals surface area (Å²) in [6, 6.07) is 20.6. The Labute approximate surface area is 136 Å². The Morgan fingerprint density at radius 3 is 2.43 bits per heavy atom. The molecule has 23 heavy (non-hydrogen) atoms. The van der Waals surface area contributed by atoms with Gasteiger partial charge in [0, 0.05) is 18.8 Å². The molecule has 3 nitrogen and oxygen atoms in total. The Kier molecular flexibility index (Phi) is 3.46. The molecule has 3 atom stereocenters. The zero-order valence-electron chi connectivity index (χ0n) is 13.3. The fraction of sp³-hybridized carbons (Fsp3) is 0.350. The van der Waals surface area contributed by atoms with Gasteiger partial charge in [0.15, 0.2) is 5.72 Å². The zero-order valence-corrected chi connectivity index (χ0v) is 13.3. The van der Waals surface area contributed by atoms with E-state index in [0.29, 0.717) is 13.0 Å². The molecule has 1 amide bonds. The Hall–Kier alpha value is -2.13. The molecule has 118 valence electrons. The summed E-state index contributed by atoms with van der Waals surface area (Å²) in [6.07, 6.45) is 1.32. The molecule has 3 heteroatoms. The van der Waals surface area contributed by atoms with E-state index in [1.165, 1.54) is 5.56 Å². The lowest BCUT2D eigenvalue weighted by atomic mass is 9.91. The largest absolute Gasteiger partial charge is 0.352 e. The summed E-state index contributed by atoms with van der Waals surface area (Å²) in [5, 5.41) is 0. The van der Waals surface area contributed by atoms with Crippen LogP contribution in [0.15, 0.2) is 60.7 Å². The average molecular weight is 307 g/mol. The van der Waals surface area contributed by atoms with E-state index in [1.807, 2.05) is 41.3 Å². The van der Waals surface area contributed by atoms with Crippen molar-refractivity contribution in [3.05, 3.63) is 71.8 Å². The van der Waals surface area contributed by atoms with Crippen LogP contribution in [0.3, 0.4) is 0 Å². The highest BCUT2D eigenvalue weighted by molar-refractivity contribution is 5.81. The van der Waals surface area contributed by atoms with Gasteiger partial charge in [-0.25, -0.2) is 0 Å². The van der Waals surface area contributed by atoms with Crippen LogP contribution in [0.25, 0.3) is 0 Å². The molecule has 2 aromatic rings. The molecule has 4 rings (SSSR count). The zero-order chi connectivity index (χ0) is 15.9. The van der Waals surface area contributed by atoms with Crippen molar-refractivity contribution in [1.29, 1.82) is 0 Å². The van der Waals surface area contributed by atoms with Gasteiger partial charge in [0.1, 0.15) is 0 Å². The lowest BCUT2D eigenvalue weighted by Gasteiger charge is -2.36. The maximum Gasteiger partial charge on any atom is 0.225 e. The highest BCUT2D eigenvalue weighted by Crippen LogP contribution is 2.49. The van der Waals surface area contributed by atoms with Crippen molar-refractivity contribution in [2.75, 3.05) is 6.61 Å². The van der Waals surface area contributed by atoms with E-state index in [0.717, 1.165) is 12.0 Å². The molecule has 2 fully saturated rings. The number of amides is 1. The Morgan fingerprint density at radius 1 is 1.09 bits per heavy atom. The van der Waals surface area contributed by atoms with Gasteiger partial charge in [0.25, 0.3) is 0 Å². The minimum Gasteiger partial charge on any atom is -0.352 e. The van der Waals surface area contributed by atoms with E-state index in [1.54, 1.807) is 0 Å².